The first-order valence-electron chi connectivity index (χ1n) is 8.04. The van der Waals surface area contributed by atoms with Crippen LogP contribution >= 0.6 is 0 Å². The smallest absolute Gasteiger partial charge is 0.227 e. The van der Waals surface area contributed by atoms with Crippen LogP contribution in [0.25, 0.3) is 0 Å². The second-order valence-corrected chi connectivity index (χ2v) is 5.38. The van der Waals surface area contributed by atoms with Crippen LogP contribution < -0.4 is 16.0 Å². The van der Waals surface area contributed by atoms with Crippen molar-refractivity contribution in [3.63, 3.8) is 0 Å². The van der Waals surface area contributed by atoms with Gasteiger partial charge in [0.25, 0.3) is 0 Å². The van der Waals surface area contributed by atoms with Crippen molar-refractivity contribution in [3.05, 3.63) is 61.2 Å². The Kier molecular flexibility index (Phi) is 7.04. The van der Waals surface area contributed by atoms with Gasteiger partial charge < -0.3 is 20.7 Å². The molecule has 3 N–H and O–H groups in total. The molecule has 6 heteroatoms. The molecular weight excluding hydrogens is 302 g/mol. The lowest BCUT2D eigenvalue weighted by atomic mass is 10.2. The van der Waals surface area contributed by atoms with Crippen LogP contribution in [-0.4, -0.2) is 36.3 Å². The number of hydrogen-bond acceptors (Lipinski definition) is 6. The van der Waals surface area contributed by atoms with Gasteiger partial charge in [0.15, 0.2) is 0 Å². The molecule has 2 rings (SSSR count). The standard InChI is InChI=1S/C18H25N5O/c1-3-6-16(8-7-15(19)4-2)22-18-20-13-17(14-21-18)23-9-5-11-24-12-10-23/h3-4,6-7,13-14H,1-2,5,8-12,19H2,(H,20,21,22)/b15-7+,16-6+. The first-order valence-corrected chi connectivity index (χ1v) is 8.04. The van der Waals surface area contributed by atoms with Crippen molar-refractivity contribution < 1.29 is 4.74 Å². The summed E-state index contributed by atoms with van der Waals surface area (Å²) in [7, 11) is 0. The third-order valence-electron chi connectivity index (χ3n) is 3.61. The van der Waals surface area contributed by atoms with Gasteiger partial charge >= 0.3 is 0 Å². The van der Waals surface area contributed by atoms with E-state index in [0.29, 0.717) is 18.1 Å². The molecule has 1 fully saturated rings. The van der Waals surface area contributed by atoms with Crippen LogP contribution in [0.15, 0.2) is 61.2 Å². The van der Waals surface area contributed by atoms with Gasteiger partial charge in [0.1, 0.15) is 0 Å². The Morgan fingerprint density at radius 1 is 1.29 bits per heavy atom. The molecule has 0 bridgehead atoms. The zero-order valence-electron chi connectivity index (χ0n) is 13.9. The molecule has 0 saturated carbocycles. The van der Waals surface area contributed by atoms with E-state index in [9.17, 15) is 0 Å². The average molecular weight is 327 g/mol. The van der Waals surface area contributed by atoms with Gasteiger partial charge in [-0.25, -0.2) is 9.97 Å². The minimum absolute atomic E-state index is 0.545. The molecule has 0 unspecified atom stereocenters. The van der Waals surface area contributed by atoms with Crippen LogP contribution in [0.1, 0.15) is 12.8 Å². The molecule has 0 aromatic carbocycles. The Morgan fingerprint density at radius 3 is 2.79 bits per heavy atom. The molecule has 2 heterocycles. The third kappa shape index (κ3) is 5.55. The van der Waals surface area contributed by atoms with E-state index in [0.717, 1.165) is 44.1 Å². The molecule has 24 heavy (non-hydrogen) atoms. The van der Waals surface area contributed by atoms with E-state index in [-0.39, 0.29) is 0 Å². The Balaban J connectivity index is 2.01. The molecule has 1 aliphatic rings. The molecule has 0 aliphatic carbocycles. The molecule has 1 aromatic heterocycles. The fraction of sp³-hybridized carbons (Fsp3) is 0.333. The van der Waals surface area contributed by atoms with Crippen LogP contribution in [0.4, 0.5) is 11.6 Å². The lowest BCUT2D eigenvalue weighted by molar-refractivity contribution is 0.152. The van der Waals surface area contributed by atoms with Gasteiger partial charge in [-0.2, -0.15) is 0 Å². The molecular formula is C18H25N5O. The van der Waals surface area contributed by atoms with Crippen LogP contribution in [0, 0.1) is 0 Å². The number of nitrogens with one attached hydrogen (secondary N) is 1. The summed E-state index contributed by atoms with van der Waals surface area (Å²) in [5.41, 5.74) is 8.29. The van der Waals surface area contributed by atoms with Crippen molar-refractivity contribution in [2.24, 2.45) is 5.73 Å². The normalized spacial score (nSPS) is 16.4. The monoisotopic (exact) mass is 327 g/mol. The first kappa shape index (κ1) is 17.7. The van der Waals surface area contributed by atoms with Crippen LogP contribution in [0.5, 0.6) is 0 Å². The lowest BCUT2D eigenvalue weighted by Crippen LogP contribution is -2.26. The van der Waals surface area contributed by atoms with Gasteiger partial charge in [-0.3, -0.25) is 0 Å². The van der Waals surface area contributed by atoms with Gasteiger partial charge in [-0.1, -0.05) is 25.3 Å². The summed E-state index contributed by atoms with van der Waals surface area (Å²) < 4.78 is 5.47. The molecule has 0 amide bonds. The Labute approximate surface area is 143 Å². The molecule has 1 aromatic rings. The molecule has 0 atom stereocenters. The molecule has 1 saturated heterocycles. The minimum atomic E-state index is 0.545. The Hall–Kier alpha value is -2.60. The number of nitrogens with zero attached hydrogens (tertiary/aromatic N) is 3. The maximum Gasteiger partial charge on any atom is 0.227 e. The number of rotatable bonds is 7. The predicted molar refractivity (Wildman–Crippen MR) is 98.7 cm³/mol. The minimum Gasteiger partial charge on any atom is -0.399 e. The maximum absolute atomic E-state index is 5.74. The van der Waals surface area contributed by atoms with E-state index in [1.807, 2.05) is 24.5 Å². The number of anilines is 2. The molecule has 128 valence electrons. The number of aromatic nitrogens is 2. The second kappa shape index (κ2) is 9.52. The summed E-state index contributed by atoms with van der Waals surface area (Å²) in [5, 5.41) is 3.19. The zero-order valence-corrected chi connectivity index (χ0v) is 13.9. The second-order valence-electron chi connectivity index (χ2n) is 5.38. The highest BCUT2D eigenvalue weighted by Gasteiger charge is 2.11. The summed E-state index contributed by atoms with van der Waals surface area (Å²) in [4.78, 5) is 11.0. The predicted octanol–water partition coefficient (Wildman–Crippen LogP) is 2.60. The van der Waals surface area contributed by atoms with E-state index >= 15 is 0 Å². The summed E-state index contributed by atoms with van der Waals surface area (Å²) in [5.74, 6) is 0.545. The number of hydrogen-bond donors (Lipinski definition) is 2. The topological polar surface area (TPSA) is 76.3 Å². The van der Waals surface area contributed by atoms with Crippen LogP contribution in [-0.2, 0) is 4.74 Å². The van der Waals surface area contributed by atoms with E-state index in [4.69, 9.17) is 10.5 Å². The first-order chi connectivity index (χ1) is 11.7. The van der Waals surface area contributed by atoms with Crippen molar-refractivity contribution in [1.29, 1.82) is 0 Å². The fourth-order valence-electron chi connectivity index (χ4n) is 2.31. The summed E-state index contributed by atoms with van der Waals surface area (Å²) in [6, 6.07) is 0. The van der Waals surface area contributed by atoms with E-state index < -0.39 is 0 Å². The third-order valence-corrected chi connectivity index (χ3v) is 3.61. The number of ether oxygens (including phenoxy) is 1. The maximum atomic E-state index is 5.74. The summed E-state index contributed by atoms with van der Waals surface area (Å²) in [6.45, 7) is 10.7. The van der Waals surface area contributed by atoms with Crippen molar-refractivity contribution in [2.75, 3.05) is 36.5 Å². The largest absolute Gasteiger partial charge is 0.399 e. The SMILES string of the molecule is C=C/C=C(\C/C=C(/N)C=C)Nc1ncc(N2CCCOCC2)cn1. The quantitative estimate of drug-likeness (QED) is 0.750. The summed E-state index contributed by atoms with van der Waals surface area (Å²) in [6.07, 6.45) is 12.4. The zero-order chi connectivity index (χ0) is 17.2. The van der Waals surface area contributed by atoms with Crippen molar-refractivity contribution in [3.8, 4) is 0 Å². The summed E-state index contributed by atoms with van der Waals surface area (Å²) >= 11 is 0. The molecule has 6 nitrogen and oxygen atoms in total. The number of allylic oxidation sites excluding steroid dienone is 4. The Bertz CT molecular complexity index is 598. The van der Waals surface area contributed by atoms with Gasteiger partial charge in [-0.05, 0) is 18.6 Å². The van der Waals surface area contributed by atoms with Crippen LogP contribution in [0.3, 0.4) is 0 Å². The van der Waals surface area contributed by atoms with Gasteiger partial charge in [-0.15, -0.1) is 0 Å². The van der Waals surface area contributed by atoms with Crippen molar-refractivity contribution >= 4 is 11.6 Å². The van der Waals surface area contributed by atoms with Crippen molar-refractivity contribution in [1.82, 2.24) is 9.97 Å². The van der Waals surface area contributed by atoms with E-state index in [2.05, 4.69) is 33.3 Å². The highest BCUT2D eigenvalue weighted by molar-refractivity contribution is 5.46. The van der Waals surface area contributed by atoms with Gasteiger partial charge in [0.05, 0.1) is 24.7 Å². The Morgan fingerprint density at radius 2 is 2.08 bits per heavy atom. The molecule has 0 radical (unpaired) electrons. The lowest BCUT2D eigenvalue weighted by Gasteiger charge is -2.21. The molecule has 0 spiro atoms. The average Bonchev–Trinajstić information content (AvgIpc) is 2.89. The highest BCUT2D eigenvalue weighted by Crippen LogP contribution is 2.16. The van der Waals surface area contributed by atoms with Gasteiger partial charge in [0, 0.05) is 37.5 Å². The highest BCUT2D eigenvalue weighted by atomic mass is 16.5. The van der Waals surface area contributed by atoms with Crippen LogP contribution in [0.2, 0.25) is 0 Å². The van der Waals surface area contributed by atoms with E-state index in [1.54, 1.807) is 12.2 Å². The van der Waals surface area contributed by atoms with Gasteiger partial charge in [0.2, 0.25) is 5.95 Å². The fourth-order valence-corrected chi connectivity index (χ4v) is 2.31. The number of nitrogens with two attached hydrogens (primary N) is 1. The van der Waals surface area contributed by atoms with Crippen molar-refractivity contribution in [2.45, 2.75) is 12.8 Å². The van der Waals surface area contributed by atoms with E-state index in [1.165, 1.54) is 0 Å². The molecule has 1 aliphatic heterocycles.